The molecule has 7 heteroatoms. The van der Waals surface area contributed by atoms with Crippen molar-refractivity contribution in [3.8, 4) is 0 Å². The summed E-state index contributed by atoms with van der Waals surface area (Å²) in [5, 5.41) is 4.77. The molecule has 1 aliphatic rings. The van der Waals surface area contributed by atoms with Gasteiger partial charge in [0.1, 0.15) is 5.82 Å². The first kappa shape index (κ1) is 18.7. The van der Waals surface area contributed by atoms with Gasteiger partial charge in [0.15, 0.2) is 0 Å². The van der Waals surface area contributed by atoms with Crippen LogP contribution in [0.25, 0.3) is 0 Å². The third-order valence-corrected chi connectivity index (χ3v) is 6.03. The van der Waals surface area contributed by atoms with E-state index in [0.29, 0.717) is 5.02 Å². The van der Waals surface area contributed by atoms with Crippen molar-refractivity contribution < 1.29 is 0 Å². The number of piperazine rings is 1. The summed E-state index contributed by atoms with van der Waals surface area (Å²) >= 11 is 13.6. The molecule has 1 saturated heterocycles. The van der Waals surface area contributed by atoms with Gasteiger partial charge in [-0.1, -0.05) is 35.3 Å². The molecule has 0 atom stereocenters. The second kappa shape index (κ2) is 8.57. The van der Waals surface area contributed by atoms with E-state index in [0.717, 1.165) is 60.7 Å². The summed E-state index contributed by atoms with van der Waals surface area (Å²) in [7, 11) is 0. The molecule has 1 fully saturated rings. The summed E-state index contributed by atoms with van der Waals surface area (Å²) in [6, 6.07) is 11.9. The second-order valence-corrected chi connectivity index (χ2v) is 8.45. The smallest absolute Gasteiger partial charge is 0.128 e. The van der Waals surface area contributed by atoms with Gasteiger partial charge < -0.3 is 4.90 Å². The van der Waals surface area contributed by atoms with E-state index in [4.69, 9.17) is 28.2 Å². The summed E-state index contributed by atoms with van der Waals surface area (Å²) in [6.07, 6.45) is 2.57. The normalized spacial score (nSPS) is 15.3. The zero-order valence-corrected chi connectivity index (χ0v) is 17.1. The molecule has 1 aliphatic heterocycles. The van der Waals surface area contributed by atoms with Gasteiger partial charge in [-0.2, -0.15) is 0 Å². The highest BCUT2D eigenvalue weighted by Crippen LogP contribution is 2.20. The number of anilines is 1. The molecule has 3 aromatic rings. The first-order valence-electron chi connectivity index (χ1n) is 8.92. The molecular formula is C20H20Cl2N4S. The summed E-state index contributed by atoms with van der Waals surface area (Å²) in [5.41, 5.74) is 2.39. The van der Waals surface area contributed by atoms with Crippen molar-refractivity contribution in [3.05, 3.63) is 74.3 Å². The van der Waals surface area contributed by atoms with Crippen molar-refractivity contribution in [1.82, 2.24) is 14.9 Å². The number of pyridine rings is 1. The van der Waals surface area contributed by atoms with Gasteiger partial charge in [0.05, 0.1) is 15.7 Å². The van der Waals surface area contributed by atoms with Gasteiger partial charge in [-0.05, 0) is 29.8 Å². The fraction of sp³-hybridized carbons (Fsp3) is 0.300. The van der Waals surface area contributed by atoms with Crippen molar-refractivity contribution in [2.45, 2.75) is 13.0 Å². The molecule has 4 nitrogen and oxygen atoms in total. The Labute approximate surface area is 173 Å². The lowest BCUT2D eigenvalue weighted by molar-refractivity contribution is 0.247. The Morgan fingerprint density at radius 3 is 2.37 bits per heavy atom. The molecule has 0 amide bonds. The van der Waals surface area contributed by atoms with Crippen LogP contribution in [0.4, 0.5) is 5.82 Å². The summed E-state index contributed by atoms with van der Waals surface area (Å²) in [4.78, 5) is 14.0. The number of rotatable bonds is 5. The first-order valence-corrected chi connectivity index (χ1v) is 10.6. The van der Waals surface area contributed by atoms with E-state index in [1.807, 2.05) is 24.3 Å². The number of halogens is 2. The van der Waals surface area contributed by atoms with Crippen molar-refractivity contribution in [1.29, 1.82) is 0 Å². The van der Waals surface area contributed by atoms with E-state index in [1.165, 1.54) is 5.56 Å². The lowest BCUT2D eigenvalue weighted by Crippen LogP contribution is -2.46. The Balaban J connectivity index is 1.30. The molecule has 27 heavy (non-hydrogen) atoms. The van der Waals surface area contributed by atoms with Crippen LogP contribution in [0.5, 0.6) is 0 Å². The quantitative estimate of drug-likeness (QED) is 0.597. The van der Waals surface area contributed by atoms with Crippen molar-refractivity contribution in [2.24, 2.45) is 0 Å². The average molecular weight is 419 g/mol. The Morgan fingerprint density at radius 1 is 0.926 bits per heavy atom. The number of hydrogen-bond donors (Lipinski definition) is 0. The minimum absolute atomic E-state index is 0.676. The number of nitrogens with zero attached hydrogens (tertiary/aromatic N) is 4. The molecule has 3 heterocycles. The molecule has 4 rings (SSSR count). The van der Waals surface area contributed by atoms with Gasteiger partial charge in [-0.15, -0.1) is 11.3 Å². The van der Waals surface area contributed by atoms with Gasteiger partial charge in [0.25, 0.3) is 0 Å². The minimum Gasteiger partial charge on any atom is -0.354 e. The Hall–Kier alpha value is -1.66. The van der Waals surface area contributed by atoms with Gasteiger partial charge in [-0.25, -0.2) is 9.97 Å². The van der Waals surface area contributed by atoms with Crippen LogP contribution in [0.15, 0.2) is 48.0 Å². The van der Waals surface area contributed by atoms with Crippen molar-refractivity contribution >= 4 is 40.4 Å². The molecule has 1 aromatic carbocycles. The minimum atomic E-state index is 0.676. The van der Waals surface area contributed by atoms with Crippen molar-refractivity contribution in [2.75, 3.05) is 31.1 Å². The zero-order chi connectivity index (χ0) is 18.6. The molecule has 140 valence electrons. The molecule has 0 spiro atoms. The van der Waals surface area contributed by atoms with Crippen LogP contribution >= 0.6 is 34.5 Å². The Morgan fingerprint density at radius 2 is 1.67 bits per heavy atom. The number of aromatic nitrogens is 2. The number of benzene rings is 1. The molecule has 0 N–H and O–H groups in total. The van der Waals surface area contributed by atoms with Gasteiger partial charge in [-0.3, -0.25) is 4.90 Å². The molecule has 0 unspecified atom stereocenters. The van der Waals surface area contributed by atoms with E-state index >= 15 is 0 Å². The lowest BCUT2D eigenvalue weighted by atomic mass is 10.2. The fourth-order valence-electron chi connectivity index (χ4n) is 3.20. The second-order valence-electron chi connectivity index (χ2n) is 6.63. The monoisotopic (exact) mass is 418 g/mol. The van der Waals surface area contributed by atoms with E-state index in [9.17, 15) is 0 Å². The highest BCUT2D eigenvalue weighted by atomic mass is 35.5. The first-order chi connectivity index (χ1) is 13.2. The molecule has 2 aromatic heterocycles. The van der Waals surface area contributed by atoms with E-state index in [-0.39, 0.29) is 0 Å². The molecule has 0 radical (unpaired) electrons. The average Bonchev–Trinajstić information content (AvgIpc) is 3.12. The number of hydrogen-bond acceptors (Lipinski definition) is 5. The van der Waals surface area contributed by atoms with Crippen LogP contribution in [0.3, 0.4) is 0 Å². The van der Waals surface area contributed by atoms with Crippen LogP contribution in [-0.4, -0.2) is 41.0 Å². The van der Waals surface area contributed by atoms with Gasteiger partial charge in [0, 0.05) is 55.7 Å². The van der Waals surface area contributed by atoms with Crippen LogP contribution < -0.4 is 4.90 Å². The molecule has 0 saturated carbocycles. The largest absolute Gasteiger partial charge is 0.354 e. The maximum absolute atomic E-state index is 5.95. The van der Waals surface area contributed by atoms with Crippen molar-refractivity contribution in [3.63, 3.8) is 0 Å². The van der Waals surface area contributed by atoms with E-state index < -0.39 is 0 Å². The topological polar surface area (TPSA) is 32.3 Å². The Kier molecular flexibility index (Phi) is 5.93. The van der Waals surface area contributed by atoms with E-state index in [1.54, 1.807) is 17.5 Å². The highest BCUT2D eigenvalue weighted by Gasteiger charge is 2.19. The zero-order valence-electron chi connectivity index (χ0n) is 14.8. The SMILES string of the molecule is Clc1ccc(Cc2nc(CN3CCN(c4ccc(Cl)cn4)CC3)cs2)cc1. The molecular weight excluding hydrogens is 399 g/mol. The van der Waals surface area contributed by atoms with Crippen LogP contribution in [-0.2, 0) is 13.0 Å². The predicted molar refractivity (Wildman–Crippen MR) is 113 cm³/mol. The third-order valence-electron chi connectivity index (χ3n) is 4.66. The summed E-state index contributed by atoms with van der Waals surface area (Å²) < 4.78 is 0. The standard InChI is InChI=1S/C20H20Cl2N4S/c21-16-3-1-15(2-4-16)11-20-24-18(14-27-20)13-25-7-9-26(10-8-25)19-6-5-17(22)12-23-19/h1-6,12,14H,7-11,13H2. The maximum atomic E-state index is 5.95. The van der Waals surface area contributed by atoms with Gasteiger partial charge >= 0.3 is 0 Å². The maximum Gasteiger partial charge on any atom is 0.128 e. The van der Waals surface area contributed by atoms with Crippen LogP contribution in [0.1, 0.15) is 16.3 Å². The van der Waals surface area contributed by atoms with Gasteiger partial charge in [0.2, 0.25) is 0 Å². The molecule has 0 bridgehead atoms. The molecule has 0 aliphatic carbocycles. The summed E-state index contributed by atoms with van der Waals surface area (Å²) in [5.74, 6) is 0.998. The lowest BCUT2D eigenvalue weighted by Gasteiger charge is -2.35. The predicted octanol–water partition coefficient (Wildman–Crippen LogP) is 4.76. The van der Waals surface area contributed by atoms with Crippen LogP contribution in [0.2, 0.25) is 10.0 Å². The van der Waals surface area contributed by atoms with Crippen LogP contribution in [0, 0.1) is 0 Å². The summed E-state index contributed by atoms with van der Waals surface area (Å²) in [6.45, 7) is 4.86. The highest BCUT2D eigenvalue weighted by molar-refractivity contribution is 7.09. The fourth-order valence-corrected chi connectivity index (χ4v) is 4.26. The number of thiazole rings is 1. The Bertz CT molecular complexity index is 872. The van der Waals surface area contributed by atoms with E-state index in [2.05, 4.69) is 32.3 Å². The third kappa shape index (κ3) is 4.99.